The SMILES string of the molecule is CCOC(=O)/C(=C\N(C)C)S(=O)(=O)c1ccc(OC)cc1.CCOC(=O)CS(=O)(=O)c1ccc(OC)cc1.COC(OC)N(C)C.O=CO. The number of sulfone groups is 2. The molecule has 0 amide bonds. The molecule has 0 atom stereocenters. The van der Waals surface area contributed by atoms with Gasteiger partial charge >= 0.3 is 11.9 Å². The van der Waals surface area contributed by atoms with E-state index in [0.717, 1.165) is 0 Å². The maximum absolute atomic E-state index is 12.5. The maximum atomic E-state index is 12.5. The third-order valence-electron chi connectivity index (χ3n) is 5.37. The first-order valence-corrected chi connectivity index (χ1v) is 17.4. The van der Waals surface area contributed by atoms with Crippen LogP contribution < -0.4 is 9.47 Å². The molecule has 2 rings (SSSR count). The van der Waals surface area contributed by atoms with Crippen molar-refractivity contribution >= 4 is 38.1 Å². The first-order chi connectivity index (χ1) is 22.9. The number of benzene rings is 2. The average molecular weight is 737 g/mol. The molecule has 0 bridgehead atoms. The first kappa shape index (κ1) is 46.9. The van der Waals surface area contributed by atoms with E-state index < -0.39 is 42.3 Å². The molecule has 0 aromatic heterocycles. The fraction of sp³-hybridized carbons (Fsp3) is 0.452. The Bertz CT molecular complexity index is 1490. The molecule has 49 heavy (non-hydrogen) atoms. The Kier molecular flexibility index (Phi) is 23.8. The molecule has 16 nitrogen and oxygen atoms in total. The van der Waals surface area contributed by atoms with Crippen molar-refractivity contribution in [1.82, 2.24) is 9.80 Å². The summed E-state index contributed by atoms with van der Waals surface area (Å²) in [6.07, 6.45) is 1.02. The lowest BCUT2D eigenvalue weighted by Crippen LogP contribution is -2.30. The molecule has 18 heteroatoms. The Morgan fingerprint density at radius 1 is 0.755 bits per heavy atom. The zero-order valence-corrected chi connectivity index (χ0v) is 31.1. The minimum Gasteiger partial charge on any atom is -0.497 e. The van der Waals surface area contributed by atoms with E-state index >= 15 is 0 Å². The van der Waals surface area contributed by atoms with Crippen molar-refractivity contribution in [2.75, 3.05) is 75.6 Å². The van der Waals surface area contributed by atoms with Crippen LogP contribution in [0.5, 0.6) is 11.5 Å². The second kappa shape index (κ2) is 24.8. The van der Waals surface area contributed by atoms with Gasteiger partial charge in [-0.05, 0) is 76.5 Å². The summed E-state index contributed by atoms with van der Waals surface area (Å²) in [5.41, 5.74) is 0. The third kappa shape index (κ3) is 18.2. The topological polar surface area (TPSA) is 202 Å². The number of esters is 2. The van der Waals surface area contributed by atoms with E-state index in [1.807, 2.05) is 19.0 Å². The quantitative estimate of drug-likeness (QED) is 0.128. The maximum Gasteiger partial charge on any atom is 0.351 e. The normalized spacial score (nSPS) is 11.0. The molecule has 0 heterocycles. The molecule has 0 fully saturated rings. The largest absolute Gasteiger partial charge is 0.497 e. The Balaban J connectivity index is 0. The van der Waals surface area contributed by atoms with Crippen LogP contribution in [0.2, 0.25) is 0 Å². The van der Waals surface area contributed by atoms with E-state index in [0.29, 0.717) is 11.5 Å². The summed E-state index contributed by atoms with van der Waals surface area (Å²) in [7, 11) is 5.62. The molecule has 2 aromatic carbocycles. The lowest BCUT2D eigenvalue weighted by molar-refractivity contribution is -0.179. The molecule has 2 aromatic rings. The van der Waals surface area contributed by atoms with Gasteiger partial charge in [-0.15, -0.1) is 0 Å². The van der Waals surface area contributed by atoms with Crippen LogP contribution in [0.15, 0.2) is 69.4 Å². The van der Waals surface area contributed by atoms with Gasteiger partial charge in [0.2, 0.25) is 16.3 Å². The third-order valence-corrected chi connectivity index (χ3v) is 8.72. The summed E-state index contributed by atoms with van der Waals surface area (Å²) in [4.78, 5) is 34.4. The molecule has 0 saturated carbocycles. The van der Waals surface area contributed by atoms with Crippen molar-refractivity contribution in [3.63, 3.8) is 0 Å². The molecular formula is C31H48N2O14S2. The van der Waals surface area contributed by atoms with Crippen molar-refractivity contribution in [1.29, 1.82) is 0 Å². The fourth-order valence-corrected chi connectivity index (χ4v) is 5.78. The molecular weight excluding hydrogens is 688 g/mol. The summed E-state index contributed by atoms with van der Waals surface area (Å²) in [5.74, 6) is -1.18. The van der Waals surface area contributed by atoms with Gasteiger partial charge in [0.1, 0.15) is 11.5 Å². The minimum atomic E-state index is -3.95. The lowest BCUT2D eigenvalue weighted by Gasteiger charge is -2.19. The van der Waals surface area contributed by atoms with Gasteiger partial charge in [-0.3, -0.25) is 14.5 Å². The number of carbonyl (C=O) groups excluding carboxylic acids is 2. The highest BCUT2D eigenvalue weighted by Gasteiger charge is 2.28. The molecule has 1 N–H and O–H groups in total. The number of carbonyl (C=O) groups is 3. The number of methoxy groups -OCH3 is 4. The van der Waals surface area contributed by atoms with Crippen LogP contribution in [0.1, 0.15) is 13.8 Å². The highest BCUT2D eigenvalue weighted by molar-refractivity contribution is 7.96. The van der Waals surface area contributed by atoms with Crippen LogP contribution >= 0.6 is 0 Å². The summed E-state index contributed by atoms with van der Waals surface area (Å²) in [6.45, 7) is 3.25. The Morgan fingerprint density at radius 2 is 1.16 bits per heavy atom. The first-order valence-electron chi connectivity index (χ1n) is 14.2. The zero-order chi connectivity index (χ0) is 38.2. The van der Waals surface area contributed by atoms with E-state index in [-0.39, 0.29) is 35.9 Å². The van der Waals surface area contributed by atoms with Gasteiger partial charge in [0.15, 0.2) is 20.5 Å². The van der Waals surface area contributed by atoms with Crippen molar-refractivity contribution < 1.29 is 64.7 Å². The van der Waals surface area contributed by atoms with Gasteiger partial charge in [0, 0.05) is 34.5 Å². The van der Waals surface area contributed by atoms with Gasteiger partial charge in [0.25, 0.3) is 6.47 Å². The molecule has 278 valence electrons. The van der Waals surface area contributed by atoms with Crippen LogP contribution in [0, 0.1) is 0 Å². The second-order valence-corrected chi connectivity index (χ2v) is 13.4. The molecule has 0 spiro atoms. The number of ether oxygens (including phenoxy) is 6. The number of rotatable bonds is 14. The van der Waals surface area contributed by atoms with Gasteiger partial charge < -0.3 is 38.4 Å². The smallest absolute Gasteiger partial charge is 0.351 e. The Hall–Kier alpha value is -4.23. The molecule has 0 aliphatic rings. The highest BCUT2D eigenvalue weighted by atomic mass is 32.2. The van der Waals surface area contributed by atoms with Crippen LogP contribution in [0.4, 0.5) is 0 Å². The van der Waals surface area contributed by atoms with Crippen molar-refractivity contribution in [3.8, 4) is 11.5 Å². The van der Waals surface area contributed by atoms with Gasteiger partial charge in [-0.1, -0.05) is 0 Å². The Labute approximate surface area is 288 Å². The number of carboxylic acid groups (broad SMARTS) is 1. The molecule has 0 radical (unpaired) electrons. The second-order valence-electron chi connectivity index (χ2n) is 9.44. The van der Waals surface area contributed by atoms with E-state index in [1.54, 1.807) is 42.2 Å². The fourth-order valence-electron chi connectivity index (χ4n) is 3.29. The molecule has 0 aliphatic heterocycles. The molecule has 0 unspecified atom stereocenters. The van der Waals surface area contributed by atoms with Gasteiger partial charge in [-0.2, -0.15) is 0 Å². The molecule has 0 aliphatic carbocycles. The van der Waals surface area contributed by atoms with E-state index in [9.17, 15) is 26.4 Å². The zero-order valence-electron chi connectivity index (χ0n) is 29.4. The summed E-state index contributed by atoms with van der Waals surface area (Å²) >= 11 is 0. The molecule has 0 saturated heterocycles. The monoisotopic (exact) mass is 736 g/mol. The van der Waals surface area contributed by atoms with E-state index in [1.165, 1.54) is 73.9 Å². The van der Waals surface area contributed by atoms with Crippen molar-refractivity contribution in [2.45, 2.75) is 30.1 Å². The number of hydrogen-bond acceptors (Lipinski definition) is 15. The van der Waals surface area contributed by atoms with Crippen LogP contribution in [0.3, 0.4) is 0 Å². The van der Waals surface area contributed by atoms with Crippen LogP contribution in [-0.2, 0) is 53.0 Å². The van der Waals surface area contributed by atoms with E-state index in [4.69, 9.17) is 33.6 Å². The summed E-state index contributed by atoms with van der Waals surface area (Å²) in [5, 5.41) is 6.89. The van der Waals surface area contributed by atoms with Crippen LogP contribution in [0.25, 0.3) is 0 Å². The highest BCUT2D eigenvalue weighted by Crippen LogP contribution is 2.23. The lowest BCUT2D eigenvalue weighted by atomic mass is 10.3. The van der Waals surface area contributed by atoms with Crippen LogP contribution in [-0.4, -0.2) is 132 Å². The van der Waals surface area contributed by atoms with E-state index in [2.05, 4.69) is 4.74 Å². The predicted octanol–water partition coefficient (Wildman–Crippen LogP) is 2.29. The number of nitrogens with zero attached hydrogens (tertiary/aromatic N) is 2. The number of hydrogen-bond donors (Lipinski definition) is 1. The summed E-state index contributed by atoms with van der Waals surface area (Å²) < 4.78 is 77.7. The standard InChI is InChI=1S/C14H19NO5S.C11H14O5S.C5H13NO2.CH2O2/c1-5-20-14(16)13(10-15(2)3)21(17,18)12-8-6-11(19-4)7-9-12;1-3-16-11(12)8-17(13,14)10-6-4-9(15-2)5-7-10;1-6(2)5(7-3)8-4;2-1-3/h6-10H,5H2,1-4H3;4-7H,3,8H2,1-2H3;5H,1-4H3;1H,(H,2,3)/b13-10+;;;. The van der Waals surface area contributed by atoms with Gasteiger partial charge in [0.05, 0.1) is 37.2 Å². The average Bonchev–Trinajstić information content (AvgIpc) is 3.05. The van der Waals surface area contributed by atoms with Crippen molar-refractivity contribution in [3.05, 3.63) is 59.6 Å². The van der Waals surface area contributed by atoms with Crippen molar-refractivity contribution in [2.24, 2.45) is 0 Å². The predicted molar refractivity (Wildman–Crippen MR) is 180 cm³/mol. The van der Waals surface area contributed by atoms with Gasteiger partial charge in [-0.25, -0.2) is 21.6 Å². The minimum absolute atomic E-state index is 0.00412. The Morgan fingerprint density at radius 3 is 1.47 bits per heavy atom. The summed E-state index contributed by atoms with van der Waals surface area (Å²) in [6, 6.07) is 11.7.